The van der Waals surface area contributed by atoms with E-state index < -0.39 is 23.4 Å². The molecule has 1 amide bonds. The molecule has 9 heteroatoms. The van der Waals surface area contributed by atoms with Gasteiger partial charge in [-0.05, 0) is 43.4 Å². The SMILES string of the molecule is CSc1ccc(C(=O)CCC(=O)OCC(=O)Nc2c([N+](=O)[O-])ccc(C)c2C)cc1. The van der Waals surface area contributed by atoms with Gasteiger partial charge in [-0.1, -0.05) is 18.2 Å². The van der Waals surface area contributed by atoms with Gasteiger partial charge in [-0.2, -0.15) is 0 Å². The van der Waals surface area contributed by atoms with Crippen molar-refractivity contribution in [3.8, 4) is 0 Å². The third-order valence-corrected chi connectivity index (χ3v) is 5.25. The van der Waals surface area contributed by atoms with Gasteiger partial charge in [0.2, 0.25) is 0 Å². The van der Waals surface area contributed by atoms with E-state index in [-0.39, 0.29) is 30.0 Å². The lowest BCUT2D eigenvalue weighted by Gasteiger charge is -2.11. The number of hydrogen-bond donors (Lipinski definition) is 1. The molecule has 0 saturated heterocycles. The van der Waals surface area contributed by atoms with Gasteiger partial charge in [0.15, 0.2) is 12.4 Å². The number of carbonyl (C=O) groups excluding carboxylic acids is 3. The highest BCUT2D eigenvalue weighted by molar-refractivity contribution is 7.98. The first-order valence-electron chi connectivity index (χ1n) is 9.10. The highest BCUT2D eigenvalue weighted by atomic mass is 32.2. The summed E-state index contributed by atoms with van der Waals surface area (Å²) in [5, 5.41) is 13.6. The summed E-state index contributed by atoms with van der Waals surface area (Å²) in [5.74, 6) is -1.59. The molecule has 0 saturated carbocycles. The van der Waals surface area contributed by atoms with E-state index in [0.29, 0.717) is 11.1 Å². The lowest BCUT2D eigenvalue weighted by molar-refractivity contribution is -0.384. The molecule has 0 bridgehead atoms. The second-order valence-corrected chi connectivity index (χ2v) is 7.40. The van der Waals surface area contributed by atoms with Crippen LogP contribution in [0.5, 0.6) is 0 Å². The van der Waals surface area contributed by atoms with E-state index in [1.165, 1.54) is 6.07 Å². The Morgan fingerprint density at radius 2 is 1.73 bits per heavy atom. The summed E-state index contributed by atoms with van der Waals surface area (Å²) in [5.41, 5.74) is 1.67. The molecule has 0 radical (unpaired) electrons. The standard InChI is InChI=1S/C21H22N2O6S/c1-13-4-9-17(23(27)28)21(14(13)2)22-19(25)12-29-20(26)11-10-18(24)15-5-7-16(30-3)8-6-15/h4-9H,10-12H2,1-3H3,(H,22,25). The molecule has 0 aromatic heterocycles. The quantitative estimate of drug-likeness (QED) is 0.209. The largest absolute Gasteiger partial charge is 0.456 e. The number of nitro groups is 1. The number of esters is 1. The molecule has 0 spiro atoms. The van der Waals surface area contributed by atoms with Crippen molar-refractivity contribution >= 4 is 40.8 Å². The molecule has 2 aromatic rings. The Kier molecular flexibility index (Phi) is 8.11. The van der Waals surface area contributed by atoms with Crippen molar-refractivity contribution in [1.82, 2.24) is 0 Å². The zero-order chi connectivity index (χ0) is 22.3. The summed E-state index contributed by atoms with van der Waals surface area (Å²) in [6, 6.07) is 9.95. The highest BCUT2D eigenvalue weighted by Gasteiger charge is 2.20. The van der Waals surface area contributed by atoms with Crippen LogP contribution in [0.25, 0.3) is 0 Å². The van der Waals surface area contributed by atoms with Crippen molar-refractivity contribution in [2.75, 3.05) is 18.2 Å². The molecule has 8 nitrogen and oxygen atoms in total. The van der Waals surface area contributed by atoms with Gasteiger partial charge < -0.3 is 10.1 Å². The highest BCUT2D eigenvalue weighted by Crippen LogP contribution is 2.30. The summed E-state index contributed by atoms with van der Waals surface area (Å²) in [4.78, 5) is 47.7. The molecule has 0 atom stereocenters. The van der Waals surface area contributed by atoms with E-state index >= 15 is 0 Å². The van der Waals surface area contributed by atoms with Crippen LogP contribution in [0.3, 0.4) is 0 Å². The average molecular weight is 430 g/mol. The zero-order valence-corrected chi connectivity index (χ0v) is 17.7. The van der Waals surface area contributed by atoms with Gasteiger partial charge in [-0.25, -0.2) is 0 Å². The number of amides is 1. The van der Waals surface area contributed by atoms with E-state index in [2.05, 4.69) is 5.32 Å². The molecule has 30 heavy (non-hydrogen) atoms. The smallest absolute Gasteiger partial charge is 0.306 e. The van der Waals surface area contributed by atoms with Gasteiger partial charge in [-0.15, -0.1) is 11.8 Å². The minimum atomic E-state index is -0.699. The Morgan fingerprint density at radius 3 is 2.33 bits per heavy atom. The molecule has 158 valence electrons. The van der Waals surface area contributed by atoms with Gasteiger partial charge >= 0.3 is 5.97 Å². The number of ether oxygens (including phenoxy) is 1. The maximum Gasteiger partial charge on any atom is 0.306 e. The van der Waals surface area contributed by atoms with Gasteiger partial charge in [-0.3, -0.25) is 24.5 Å². The van der Waals surface area contributed by atoms with Crippen LogP contribution in [0.2, 0.25) is 0 Å². The number of nitro benzene ring substituents is 1. The summed E-state index contributed by atoms with van der Waals surface area (Å²) in [7, 11) is 0. The second-order valence-electron chi connectivity index (χ2n) is 6.52. The summed E-state index contributed by atoms with van der Waals surface area (Å²) >= 11 is 1.56. The lowest BCUT2D eigenvalue weighted by atomic mass is 10.1. The first-order chi connectivity index (χ1) is 14.2. The number of rotatable bonds is 9. The van der Waals surface area contributed by atoms with Crippen LogP contribution < -0.4 is 5.32 Å². The molecule has 0 aliphatic carbocycles. The Labute approximate surface area is 178 Å². The Morgan fingerprint density at radius 1 is 1.07 bits per heavy atom. The van der Waals surface area contributed by atoms with Crippen molar-refractivity contribution in [1.29, 1.82) is 0 Å². The van der Waals surface area contributed by atoms with E-state index in [1.54, 1.807) is 43.8 Å². The van der Waals surface area contributed by atoms with Crippen LogP contribution in [0.15, 0.2) is 41.3 Å². The fourth-order valence-electron chi connectivity index (χ4n) is 2.64. The first kappa shape index (κ1) is 23.1. The van der Waals surface area contributed by atoms with E-state index in [4.69, 9.17) is 4.74 Å². The number of thioether (sulfide) groups is 1. The summed E-state index contributed by atoms with van der Waals surface area (Å²) < 4.78 is 4.89. The van der Waals surface area contributed by atoms with Crippen LogP contribution in [-0.2, 0) is 14.3 Å². The Hall–Kier alpha value is -3.20. The maximum absolute atomic E-state index is 12.1. The van der Waals surface area contributed by atoms with E-state index in [9.17, 15) is 24.5 Å². The van der Waals surface area contributed by atoms with Crippen molar-refractivity contribution in [3.05, 3.63) is 63.2 Å². The predicted octanol–water partition coefficient (Wildman–Crippen LogP) is 4.08. The van der Waals surface area contributed by atoms with Gasteiger partial charge in [0, 0.05) is 22.9 Å². The second kappa shape index (κ2) is 10.5. The Bertz CT molecular complexity index is 972. The molecule has 2 aromatic carbocycles. The van der Waals surface area contributed by atoms with Crippen molar-refractivity contribution < 1.29 is 24.0 Å². The van der Waals surface area contributed by atoms with Crippen molar-refractivity contribution in [2.45, 2.75) is 31.6 Å². The number of aryl methyl sites for hydroxylation is 1. The van der Waals surface area contributed by atoms with Gasteiger partial charge in [0.25, 0.3) is 11.6 Å². The maximum atomic E-state index is 12.1. The molecule has 0 heterocycles. The Balaban J connectivity index is 1.86. The summed E-state index contributed by atoms with van der Waals surface area (Å²) in [6.07, 6.45) is 1.73. The molecule has 0 aliphatic rings. The number of anilines is 1. The number of Topliss-reactive ketones (excluding diaryl/α,β-unsaturated/α-hetero) is 1. The predicted molar refractivity (Wildman–Crippen MR) is 114 cm³/mol. The zero-order valence-electron chi connectivity index (χ0n) is 16.9. The topological polar surface area (TPSA) is 116 Å². The minimum Gasteiger partial charge on any atom is -0.456 e. The van der Waals surface area contributed by atoms with Crippen LogP contribution in [0, 0.1) is 24.0 Å². The number of nitrogens with zero attached hydrogens (tertiary/aromatic N) is 1. The molecule has 0 unspecified atom stereocenters. The first-order valence-corrected chi connectivity index (χ1v) is 10.3. The molecular formula is C21H22N2O6S. The third-order valence-electron chi connectivity index (χ3n) is 4.51. The molecule has 0 fully saturated rings. The lowest BCUT2D eigenvalue weighted by Crippen LogP contribution is -2.22. The average Bonchev–Trinajstić information content (AvgIpc) is 2.73. The number of benzene rings is 2. The number of hydrogen-bond acceptors (Lipinski definition) is 7. The van der Waals surface area contributed by atoms with Crippen LogP contribution >= 0.6 is 11.8 Å². The number of ketones is 1. The number of nitrogens with one attached hydrogen (secondary N) is 1. The molecular weight excluding hydrogens is 408 g/mol. The number of carbonyl (C=O) groups is 3. The van der Waals surface area contributed by atoms with Gasteiger partial charge in [0.1, 0.15) is 5.69 Å². The third kappa shape index (κ3) is 6.15. The van der Waals surface area contributed by atoms with Crippen molar-refractivity contribution in [3.63, 3.8) is 0 Å². The van der Waals surface area contributed by atoms with E-state index in [1.807, 2.05) is 18.4 Å². The molecule has 1 N–H and O–H groups in total. The minimum absolute atomic E-state index is 0.0402. The fourth-order valence-corrected chi connectivity index (χ4v) is 3.05. The van der Waals surface area contributed by atoms with Crippen molar-refractivity contribution in [2.24, 2.45) is 0 Å². The molecule has 2 rings (SSSR count). The van der Waals surface area contributed by atoms with E-state index in [0.717, 1.165) is 10.5 Å². The molecule has 0 aliphatic heterocycles. The fraction of sp³-hybridized carbons (Fsp3) is 0.286. The van der Waals surface area contributed by atoms with Crippen LogP contribution in [0.1, 0.15) is 34.3 Å². The summed E-state index contributed by atoms with van der Waals surface area (Å²) in [6.45, 7) is 2.82. The van der Waals surface area contributed by atoms with Crippen LogP contribution in [0.4, 0.5) is 11.4 Å². The van der Waals surface area contributed by atoms with Crippen LogP contribution in [-0.4, -0.2) is 35.4 Å². The van der Waals surface area contributed by atoms with Gasteiger partial charge in [0.05, 0.1) is 11.3 Å². The monoisotopic (exact) mass is 430 g/mol. The normalized spacial score (nSPS) is 10.4.